The highest BCUT2D eigenvalue weighted by Gasteiger charge is 2.34. The second kappa shape index (κ2) is 10.8. The number of amides is 2. The molecule has 2 amide bonds. The third-order valence-electron chi connectivity index (χ3n) is 6.18. The lowest BCUT2D eigenvalue weighted by atomic mass is 10.1. The lowest BCUT2D eigenvalue weighted by Crippen LogP contribution is -2.30. The zero-order valence-electron chi connectivity index (χ0n) is 19.6. The molecule has 0 saturated carbocycles. The molecule has 1 N–H and O–H groups in total. The molecule has 1 atom stereocenters. The molecule has 0 spiro atoms. The number of hydrogen-bond acceptors (Lipinski definition) is 4. The minimum atomic E-state index is -3.67. The van der Waals surface area contributed by atoms with Crippen molar-refractivity contribution in [2.45, 2.75) is 24.3 Å². The summed E-state index contributed by atoms with van der Waals surface area (Å²) in [4.78, 5) is 27.0. The van der Waals surface area contributed by atoms with Gasteiger partial charge < -0.3 is 10.2 Å². The molecule has 4 rings (SSSR count). The van der Waals surface area contributed by atoms with Crippen molar-refractivity contribution in [3.63, 3.8) is 0 Å². The van der Waals surface area contributed by atoms with Crippen molar-refractivity contribution in [3.8, 4) is 0 Å². The van der Waals surface area contributed by atoms with Gasteiger partial charge in [0.15, 0.2) is 0 Å². The predicted octanol–water partition coefficient (Wildman–Crippen LogP) is 3.54. The number of hydrogen-bond donors (Lipinski definition) is 1. The van der Waals surface area contributed by atoms with E-state index in [0.29, 0.717) is 18.8 Å². The van der Waals surface area contributed by atoms with Crippen LogP contribution in [0, 0.1) is 5.92 Å². The van der Waals surface area contributed by atoms with Crippen LogP contribution in [-0.4, -0.2) is 49.6 Å². The fourth-order valence-corrected chi connectivity index (χ4v) is 5.29. The molecule has 8 heteroatoms. The summed E-state index contributed by atoms with van der Waals surface area (Å²) in [5, 5.41) is 2.82. The van der Waals surface area contributed by atoms with Crippen molar-refractivity contribution < 1.29 is 18.0 Å². The number of rotatable bonds is 9. The second-order valence-corrected chi connectivity index (χ2v) is 10.8. The van der Waals surface area contributed by atoms with Crippen LogP contribution in [-0.2, 0) is 32.6 Å². The molecule has 1 aliphatic rings. The van der Waals surface area contributed by atoms with Crippen LogP contribution in [0.2, 0.25) is 0 Å². The fourth-order valence-electron chi connectivity index (χ4n) is 4.13. The highest BCUT2D eigenvalue weighted by molar-refractivity contribution is 7.89. The van der Waals surface area contributed by atoms with Gasteiger partial charge in [-0.1, -0.05) is 60.7 Å². The molecule has 1 aliphatic heterocycles. The van der Waals surface area contributed by atoms with Crippen molar-refractivity contribution in [1.29, 1.82) is 0 Å². The molecule has 1 fully saturated rings. The van der Waals surface area contributed by atoms with Crippen molar-refractivity contribution >= 4 is 27.5 Å². The second-order valence-electron chi connectivity index (χ2n) is 8.74. The summed E-state index contributed by atoms with van der Waals surface area (Å²) < 4.78 is 27.1. The summed E-state index contributed by atoms with van der Waals surface area (Å²) in [6.07, 6.45) is 0.924. The van der Waals surface area contributed by atoms with Gasteiger partial charge in [0.25, 0.3) is 0 Å². The van der Waals surface area contributed by atoms with Crippen molar-refractivity contribution in [2.24, 2.45) is 5.92 Å². The van der Waals surface area contributed by atoms with Crippen LogP contribution in [0.1, 0.15) is 17.5 Å². The van der Waals surface area contributed by atoms with E-state index >= 15 is 0 Å². The van der Waals surface area contributed by atoms with Gasteiger partial charge in [0.2, 0.25) is 21.8 Å². The fraction of sp³-hybridized carbons (Fsp3) is 0.259. The molecule has 0 aromatic heterocycles. The minimum absolute atomic E-state index is 0.0241. The van der Waals surface area contributed by atoms with E-state index in [4.69, 9.17) is 0 Å². The molecule has 0 unspecified atom stereocenters. The average molecular weight is 492 g/mol. The van der Waals surface area contributed by atoms with Crippen molar-refractivity contribution in [3.05, 3.63) is 96.1 Å². The number of carbonyl (C=O) groups is 2. The van der Waals surface area contributed by atoms with Crippen LogP contribution in [0.15, 0.2) is 89.8 Å². The quantitative estimate of drug-likeness (QED) is 0.496. The van der Waals surface area contributed by atoms with Crippen LogP contribution in [0.5, 0.6) is 0 Å². The maximum absolute atomic E-state index is 12.9. The minimum Gasteiger partial charge on any atom is -0.342 e. The van der Waals surface area contributed by atoms with Crippen LogP contribution >= 0.6 is 0 Å². The standard InChI is InChI=1S/C27H29N3O4S/c1-29(19-22-10-6-3-7-11-22)35(33,34)25-14-12-24(13-15-25)28-27(32)23-18-26(31)30(20-23)17-16-21-8-4-2-5-9-21/h2-15,23H,16-20H2,1H3,(H,28,32)/t23-/m1/s1. The van der Waals surface area contributed by atoms with Gasteiger partial charge in [-0.15, -0.1) is 0 Å². The summed E-state index contributed by atoms with van der Waals surface area (Å²) in [6, 6.07) is 25.4. The Morgan fingerprint density at radius 2 is 1.54 bits per heavy atom. The first kappa shape index (κ1) is 24.6. The largest absolute Gasteiger partial charge is 0.342 e. The first-order valence-electron chi connectivity index (χ1n) is 11.6. The van der Waals surface area contributed by atoms with E-state index in [1.165, 1.54) is 16.4 Å². The van der Waals surface area contributed by atoms with Crippen molar-refractivity contribution in [1.82, 2.24) is 9.21 Å². The van der Waals surface area contributed by atoms with E-state index in [2.05, 4.69) is 5.32 Å². The number of sulfonamides is 1. The third-order valence-corrected chi connectivity index (χ3v) is 7.99. The molecule has 1 saturated heterocycles. The van der Waals surface area contributed by atoms with Crippen LogP contribution < -0.4 is 5.32 Å². The molecule has 3 aromatic carbocycles. The number of benzene rings is 3. The van der Waals surface area contributed by atoms with E-state index in [0.717, 1.165) is 17.5 Å². The maximum atomic E-state index is 12.9. The van der Waals surface area contributed by atoms with Gasteiger partial charge in [0.1, 0.15) is 0 Å². The highest BCUT2D eigenvalue weighted by atomic mass is 32.2. The zero-order valence-corrected chi connectivity index (χ0v) is 20.4. The first-order chi connectivity index (χ1) is 16.8. The number of likely N-dealkylation sites (tertiary alicyclic amines) is 1. The van der Waals surface area contributed by atoms with E-state index in [1.54, 1.807) is 24.1 Å². The van der Waals surface area contributed by atoms with Gasteiger partial charge in [0.05, 0.1) is 10.8 Å². The zero-order chi connectivity index (χ0) is 24.8. The number of nitrogens with zero attached hydrogens (tertiary/aromatic N) is 2. The number of nitrogens with one attached hydrogen (secondary N) is 1. The van der Waals surface area contributed by atoms with E-state index in [9.17, 15) is 18.0 Å². The number of carbonyl (C=O) groups excluding carboxylic acids is 2. The molecule has 3 aromatic rings. The smallest absolute Gasteiger partial charge is 0.243 e. The monoisotopic (exact) mass is 491 g/mol. The maximum Gasteiger partial charge on any atom is 0.243 e. The lowest BCUT2D eigenvalue weighted by Gasteiger charge is -2.18. The van der Waals surface area contributed by atoms with E-state index < -0.39 is 15.9 Å². The number of anilines is 1. The SMILES string of the molecule is CN(Cc1ccccc1)S(=O)(=O)c1ccc(NC(=O)[C@@H]2CC(=O)N(CCc3ccccc3)C2)cc1. The Morgan fingerprint density at radius 3 is 2.17 bits per heavy atom. The summed E-state index contributed by atoms with van der Waals surface area (Å²) in [6.45, 7) is 1.22. The van der Waals surface area contributed by atoms with Crippen LogP contribution in [0.3, 0.4) is 0 Å². The molecule has 1 heterocycles. The van der Waals surface area contributed by atoms with Gasteiger partial charge in [-0.05, 0) is 41.8 Å². The predicted molar refractivity (Wildman–Crippen MR) is 135 cm³/mol. The van der Waals surface area contributed by atoms with Gasteiger partial charge >= 0.3 is 0 Å². The van der Waals surface area contributed by atoms with E-state index in [1.807, 2.05) is 60.7 Å². The highest BCUT2D eigenvalue weighted by Crippen LogP contribution is 2.22. The Bertz CT molecular complexity index is 1260. The van der Waals surface area contributed by atoms with Gasteiger partial charge in [0, 0.05) is 38.8 Å². The molecule has 35 heavy (non-hydrogen) atoms. The first-order valence-corrected chi connectivity index (χ1v) is 13.0. The lowest BCUT2D eigenvalue weighted by molar-refractivity contribution is -0.128. The van der Waals surface area contributed by atoms with Gasteiger partial charge in [-0.3, -0.25) is 9.59 Å². The summed E-state index contributed by atoms with van der Waals surface area (Å²) in [5.74, 6) is -0.694. The van der Waals surface area contributed by atoms with Gasteiger partial charge in [-0.2, -0.15) is 4.31 Å². The van der Waals surface area contributed by atoms with E-state index in [-0.39, 0.29) is 29.7 Å². The molecule has 0 aliphatic carbocycles. The normalized spacial score (nSPS) is 16.0. The average Bonchev–Trinajstić information content (AvgIpc) is 3.25. The van der Waals surface area contributed by atoms with Crippen LogP contribution in [0.4, 0.5) is 5.69 Å². The summed E-state index contributed by atoms with van der Waals surface area (Å²) in [7, 11) is -2.13. The Hall–Kier alpha value is -3.49. The Labute approximate surface area is 206 Å². The summed E-state index contributed by atoms with van der Waals surface area (Å²) >= 11 is 0. The molecule has 182 valence electrons. The van der Waals surface area contributed by atoms with Gasteiger partial charge in [-0.25, -0.2) is 8.42 Å². The van der Waals surface area contributed by atoms with Crippen molar-refractivity contribution in [2.75, 3.05) is 25.5 Å². The Morgan fingerprint density at radius 1 is 0.943 bits per heavy atom. The molecule has 0 radical (unpaired) electrons. The molecule has 0 bridgehead atoms. The molecular formula is C27H29N3O4S. The summed E-state index contributed by atoms with van der Waals surface area (Å²) in [5.41, 5.74) is 2.54. The Kier molecular flexibility index (Phi) is 7.63. The molecule has 7 nitrogen and oxygen atoms in total. The third kappa shape index (κ3) is 6.15. The van der Waals surface area contributed by atoms with Crippen LogP contribution in [0.25, 0.3) is 0 Å². The topological polar surface area (TPSA) is 86.8 Å². The molecular weight excluding hydrogens is 462 g/mol. The Balaban J connectivity index is 1.32.